The van der Waals surface area contributed by atoms with Crippen molar-refractivity contribution < 1.29 is 71.2 Å². The molecule has 0 saturated heterocycles. The maximum atomic E-state index is 11.9. The fourth-order valence-electron chi connectivity index (χ4n) is 4.00. The van der Waals surface area contributed by atoms with Crippen molar-refractivity contribution in [3.63, 3.8) is 0 Å². The van der Waals surface area contributed by atoms with E-state index < -0.39 is 11.8 Å². The van der Waals surface area contributed by atoms with Gasteiger partial charge in [0.1, 0.15) is 19.0 Å². The maximum absolute atomic E-state index is 11.9. The number of benzene rings is 2. The van der Waals surface area contributed by atoms with Crippen LogP contribution in [-0.4, -0.2) is 170 Å². The van der Waals surface area contributed by atoms with Gasteiger partial charge in [-0.15, -0.1) is 0 Å². The molecule has 0 N–H and O–H groups in total. The number of carbonyl (C=O) groups is 2. The van der Waals surface area contributed by atoms with Gasteiger partial charge in [0, 0.05) is 5.56 Å². The zero-order chi connectivity index (χ0) is 37.5. The Hall–Kier alpha value is -3.06. The molecule has 0 unspecified atom stereocenters. The normalized spacial score (nSPS) is 11.2. The lowest BCUT2D eigenvalue weighted by Crippen LogP contribution is -2.20. The van der Waals surface area contributed by atoms with E-state index in [1.807, 2.05) is 30.3 Å². The van der Waals surface area contributed by atoms with Crippen LogP contribution in [-0.2, 0) is 61.6 Å². The number of ketones is 1. The molecule has 0 radical (unpaired) electrons. The molecule has 0 fully saturated rings. The minimum absolute atomic E-state index is 0.00491. The summed E-state index contributed by atoms with van der Waals surface area (Å²) in [6.07, 6.45) is 0. The molecule has 0 aliphatic rings. The number of rotatable bonds is 39. The van der Waals surface area contributed by atoms with Gasteiger partial charge in [0.25, 0.3) is 5.78 Å². The highest BCUT2D eigenvalue weighted by molar-refractivity contribution is 6.40. The number of Topliss-reactive ketones (excluding diaryl/α,β-unsaturated/α-hetero) is 1. The molecule has 2 rings (SSSR count). The van der Waals surface area contributed by atoms with Gasteiger partial charge in [-0.2, -0.15) is 0 Å². The van der Waals surface area contributed by atoms with Crippen molar-refractivity contribution in [1.82, 2.24) is 0 Å². The Morgan fingerprint density at radius 1 is 0.321 bits per heavy atom. The Balaban J connectivity index is 1.14. The summed E-state index contributed by atoms with van der Waals surface area (Å²) in [5.41, 5.74) is 0.294. The highest BCUT2D eigenvalue weighted by atomic mass is 16.6. The Labute approximate surface area is 313 Å². The first-order valence-electron chi connectivity index (χ1n) is 18.1. The molecule has 2 aromatic rings. The Kier molecular flexibility index (Phi) is 31.3. The lowest BCUT2D eigenvalue weighted by Gasteiger charge is -2.09. The van der Waals surface area contributed by atoms with E-state index in [0.29, 0.717) is 151 Å². The second-order valence-corrected chi connectivity index (χ2v) is 10.7. The molecule has 0 aliphatic carbocycles. The lowest BCUT2D eigenvalue weighted by molar-refractivity contribution is -0.139. The predicted molar refractivity (Wildman–Crippen MR) is 193 cm³/mol. The largest absolute Gasteiger partial charge is 0.491 e. The molecule has 0 spiro atoms. The molecule has 2 aromatic carbocycles. The maximum Gasteiger partial charge on any atom is 0.379 e. The summed E-state index contributed by atoms with van der Waals surface area (Å²) >= 11 is 0. The lowest BCUT2D eigenvalue weighted by atomic mass is 10.1. The predicted octanol–water partition coefficient (Wildman–Crippen LogP) is 2.67. The molecular formula is C38H58O15. The molecule has 0 saturated carbocycles. The average Bonchev–Trinajstić information content (AvgIpc) is 3.19. The molecule has 15 heteroatoms. The molecule has 15 nitrogen and oxygen atoms in total. The fourth-order valence-corrected chi connectivity index (χ4v) is 4.00. The summed E-state index contributed by atoms with van der Waals surface area (Å²) in [6.45, 7) is 10.6. The van der Waals surface area contributed by atoms with Crippen LogP contribution in [0.5, 0.6) is 5.75 Å². The van der Waals surface area contributed by atoms with E-state index in [4.69, 9.17) is 61.6 Å². The molecule has 300 valence electrons. The van der Waals surface area contributed by atoms with Crippen LogP contribution >= 0.6 is 0 Å². The van der Waals surface area contributed by atoms with Crippen LogP contribution in [0.25, 0.3) is 0 Å². The van der Waals surface area contributed by atoms with Crippen LogP contribution in [0.15, 0.2) is 60.7 Å². The van der Waals surface area contributed by atoms with Crippen LogP contribution in [0.2, 0.25) is 0 Å². The minimum Gasteiger partial charge on any atom is -0.491 e. The molecule has 0 atom stereocenters. The van der Waals surface area contributed by atoms with Crippen LogP contribution in [0, 0.1) is 0 Å². The summed E-state index contributed by atoms with van der Waals surface area (Å²) in [7, 11) is 0. The first-order chi connectivity index (χ1) is 26.3. The van der Waals surface area contributed by atoms with Crippen molar-refractivity contribution in [3.05, 3.63) is 66.2 Å². The standard InChI is InChI=1S/C38H58O15/c39-37(35-7-3-1-4-8-35)38(40)53-34-32-51-30-28-49-26-24-47-22-20-45-18-16-43-14-12-41-11-13-42-15-17-44-19-21-46-23-25-48-27-29-50-31-33-52-36-9-5-2-6-10-36/h1-10H,11-34H2. The van der Waals surface area contributed by atoms with Gasteiger partial charge in [-0.1, -0.05) is 48.5 Å². The molecule has 0 heterocycles. The van der Waals surface area contributed by atoms with E-state index in [-0.39, 0.29) is 13.2 Å². The van der Waals surface area contributed by atoms with Crippen molar-refractivity contribution >= 4 is 11.8 Å². The van der Waals surface area contributed by atoms with Crippen LogP contribution in [0.4, 0.5) is 0 Å². The summed E-state index contributed by atoms with van der Waals surface area (Å²) in [5, 5.41) is 0. The molecular weight excluding hydrogens is 696 g/mol. The second kappa shape index (κ2) is 35.9. The molecule has 0 amide bonds. The van der Waals surface area contributed by atoms with E-state index in [1.165, 1.54) is 0 Å². The quantitative estimate of drug-likeness (QED) is 0.0425. The third-order valence-corrected chi connectivity index (χ3v) is 6.64. The Morgan fingerprint density at radius 3 is 0.906 bits per heavy atom. The van der Waals surface area contributed by atoms with Crippen molar-refractivity contribution in [2.24, 2.45) is 0 Å². The third kappa shape index (κ3) is 29.0. The first-order valence-corrected chi connectivity index (χ1v) is 18.1. The summed E-state index contributed by atoms with van der Waals surface area (Å²) in [4.78, 5) is 23.6. The van der Waals surface area contributed by atoms with Gasteiger partial charge in [0.05, 0.1) is 145 Å². The summed E-state index contributed by atoms with van der Waals surface area (Å²) < 4.78 is 70.5. The summed E-state index contributed by atoms with van der Waals surface area (Å²) in [5.74, 6) is -0.739. The SMILES string of the molecule is O=C(OCCOCCOCCOCCOCCOCCOCCOCCOCCOCCOCCOCCOc1ccccc1)C(=O)c1ccccc1. The van der Waals surface area contributed by atoms with E-state index in [9.17, 15) is 9.59 Å². The van der Waals surface area contributed by atoms with E-state index in [0.717, 1.165) is 5.75 Å². The highest BCUT2D eigenvalue weighted by Crippen LogP contribution is 2.07. The van der Waals surface area contributed by atoms with Crippen LogP contribution in [0.1, 0.15) is 10.4 Å². The van der Waals surface area contributed by atoms with Crippen molar-refractivity contribution in [2.45, 2.75) is 0 Å². The van der Waals surface area contributed by atoms with Gasteiger partial charge in [-0.05, 0) is 12.1 Å². The van der Waals surface area contributed by atoms with E-state index in [1.54, 1.807) is 30.3 Å². The molecule has 0 bridgehead atoms. The zero-order valence-corrected chi connectivity index (χ0v) is 30.9. The number of hydrogen-bond donors (Lipinski definition) is 0. The number of ether oxygens (including phenoxy) is 13. The minimum atomic E-state index is -0.899. The monoisotopic (exact) mass is 754 g/mol. The van der Waals surface area contributed by atoms with Crippen molar-refractivity contribution in [1.29, 1.82) is 0 Å². The van der Waals surface area contributed by atoms with E-state index >= 15 is 0 Å². The van der Waals surface area contributed by atoms with Gasteiger partial charge in [0.15, 0.2) is 0 Å². The van der Waals surface area contributed by atoms with Crippen molar-refractivity contribution in [3.8, 4) is 5.75 Å². The van der Waals surface area contributed by atoms with Crippen molar-refractivity contribution in [2.75, 3.05) is 159 Å². The van der Waals surface area contributed by atoms with Crippen LogP contribution in [0.3, 0.4) is 0 Å². The number of esters is 1. The number of hydrogen-bond acceptors (Lipinski definition) is 15. The Morgan fingerprint density at radius 2 is 0.585 bits per heavy atom. The second-order valence-electron chi connectivity index (χ2n) is 10.7. The highest BCUT2D eigenvalue weighted by Gasteiger charge is 2.17. The average molecular weight is 755 g/mol. The molecule has 0 aromatic heterocycles. The van der Waals surface area contributed by atoms with E-state index in [2.05, 4.69) is 0 Å². The molecule has 53 heavy (non-hydrogen) atoms. The first kappa shape index (κ1) is 46.1. The number of carbonyl (C=O) groups excluding carboxylic acids is 2. The third-order valence-electron chi connectivity index (χ3n) is 6.64. The van der Waals surface area contributed by atoms with Crippen LogP contribution < -0.4 is 4.74 Å². The van der Waals surface area contributed by atoms with Gasteiger partial charge >= 0.3 is 5.97 Å². The number of para-hydroxylation sites is 1. The van der Waals surface area contributed by atoms with Gasteiger partial charge in [0.2, 0.25) is 0 Å². The van der Waals surface area contributed by atoms with Gasteiger partial charge in [-0.25, -0.2) is 4.79 Å². The smallest absolute Gasteiger partial charge is 0.379 e. The zero-order valence-electron chi connectivity index (χ0n) is 30.9. The van der Waals surface area contributed by atoms with Gasteiger partial charge in [-0.3, -0.25) is 4.79 Å². The van der Waals surface area contributed by atoms with Gasteiger partial charge < -0.3 is 61.6 Å². The molecule has 0 aliphatic heterocycles. The summed E-state index contributed by atoms with van der Waals surface area (Å²) in [6, 6.07) is 17.9. The fraction of sp³-hybridized carbons (Fsp3) is 0.632. The Bertz CT molecular complexity index is 1090. The topological polar surface area (TPSA) is 154 Å².